The third-order valence-corrected chi connectivity index (χ3v) is 6.79. The van der Waals surface area contributed by atoms with Gasteiger partial charge in [-0.25, -0.2) is 9.78 Å². The fourth-order valence-electron chi connectivity index (χ4n) is 4.72. The summed E-state index contributed by atoms with van der Waals surface area (Å²) in [6.07, 6.45) is 26.0. The fraction of sp³-hybridized carbons (Fsp3) is 0.324. The van der Waals surface area contributed by atoms with Crippen molar-refractivity contribution in [2.45, 2.75) is 65.3 Å². The number of aryl methyl sites for hydroxylation is 1. The third kappa shape index (κ3) is 10.2. The summed E-state index contributed by atoms with van der Waals surface area (Å²) in [7, 11) is 0. The van der Waals surface area contributed by atoms with Crippen LogP contribution in [0.5, 0.6) is 0 Å². The topological polar surface area (TPSA) is 112 Å². The Bertz CT molecular complexity index is 1440. The minimum atomic E-state index is -0.697. The van der Waals surface area contributed by atoms with Crippen LogP contribution in [0.15, 0.2) is 90.7 Å². The first-order valence-electron chi connectivity index (χ1n) is 14.8. The summed E-state index contributed by atoms with van der Waals surface area (Å²) in [5, 5.41) is 17.3. The van der Waals surface area contributed by atoms with Crippen LogP contribution in [-0.2, 0) is 11.4 Å². The number of aromatic nitrogens is 2. The van der Waals surface area contributed by atoms with Crippen molar-refractivity contribution in [3.05, 3.63) is 118 Å². The summed E-state index contributed by atoms with van der Waals surface area (Å²) in [5.41, 5.74) is 4.49. The number of hydrogen-bond acceptors (Lipinski definition) is 6. The quantitative estimate of drug-likeness (QED) is 0.0567. The Morgan fingerprint density at radius 2 is 2.00 bits per heavy atom. The summed E-state index contributed by atoms with van der Waals surface area (Å²) >= 11 is 0. The number of nitrogens with zero attached hydrogens (tertiary/aromatic N) is 4. The lowest BCUT2D eigenvalue weighted by atomic mass is 10.0. The lowest BCUT2D eigenvalue weighted by molar-refractivity contribution is -0.385. The number of amides is 1. The van der Waals surface area contributed by atoms with Crippen molar-refractivity contribution < 1.29 is 14.6 Å². The molecule has 9 heteroatoms. The average Bonchev–Trinajstić information content (AvgIpc) is 3.30. The van der Waals surface area contributed by atoms with Crippen LogP contribution in [0.1, 0.15) is 74.6 Å². The van der Waals surface area contributed by atoms with Gasteiger partial charge >= 0.3 is 6.09 Å². The highest BCUT2D eigenvalue weighted by Crippen LogP contribution is 2.30. The number of unbranched alkanes of at least 4 members (excludes halogenated alkanes) is 3. The number of nitro groups is 1. The Balaban J connectivity index is 1.56. The molecule has 0 spiro atoms. The highest BCUT2D eigenvalue weighted by Gasteiger charge is 2.19. The van der Waals surface area contributed by atoms with Gasteiger partial charge in [0.1, 0.15) is 5.82 Å². The number of hydrogen-bond donors (Lipinski definition) is 1. The second-order valence-corrected chi connectivity index (χ2v) is 9.97. The predicted molar refractivity (Wildman–Crippen MR) is 174 cm³/mol. The molecule has 0 unspecified atom stereocenters. The zero-order chi connectivity index (χ0) is 30.9. The van der Waals surface area contributed by atoms with E-state index in [1.165, 1.54) is 12.1 Å². The van der Waals surface area contributed by atoms with Crippen molar-refractivity contribution in [1.29, 1.82) is 0 Å². The molecule has 1 amide bonds. The Morgan fingerprint density at radius 3 is 2.79 bits per heavy atom. The van der Waals surface area contributed by atoms with Crippen LogP contribution in [0, 0.1) is 17.0 Å². The van der Waals surface area contributed by atoms with Gasteiger partial charge in [0.2, 0.25) is 0 Å². The first kappa shape index (κ1) is 32.7. The molecule has 43 heavy (non-hydrogen) atoms. The third-order valence-electron chi connectivity index (χ3n) is 6.79. The molecule has 0 aliphatic heterocycles. The van der Waals surface area contributed by atoms with Crippen LogP contribution in [-0.4, -0.2) is 33.3 Å². The average molecular weight is 584 g/mol. The molecule has 9 nitrogen and oxygen atoms in total. The highest BCUT2D eigenvalue weighted by molar-refractivity contribution is 5.86. The van der Waals surface area contributed by atoms with Crippen LogP contribution in [0.25, 0.3) is 11.1 Å². The zero-order valence-corrected chi connectivity index (χ0v) is 25.1. The maximum absolute atomic E-state index is 11.9. The van der Waals surface area contributed by atoms with Crippen LogP contribution in [0.2, 0.25) is 0 Å². The molecular formula is C34H41N5O4. The Morgan fingerprint density at radius 1 is 1.21 bits per heavy atom. The van der Waals surface area contributed by atoms with E-state index in [-0.39, 0.29) is 11.3 Å². The molecule has 1 aliphatic carbocycles. The van der Waals surface area contributed by atoms with Gasteiger partial charge < -0.3 is 9.88 Å². The molecule has 1 N–H and O–H groups in total. The number of para-hydroxylation sites is 1. The van der Waals surface area contributed by atoms with E-state index in [2.05, 4.69) is 78.0 Å². The Hall–Kier alpha value is -4.79. The number of carbonyl (C=O) groups is 1. The van der Waals surface area contributed by atoms with Crippen molar-refractivity contribution >= 4 is 29.1 Å². The summed E-state index contributed by atoms with van der Waals surface area (Å²) < 4.78 is 2.32. The molecule has 2 aromatic rings. The lowest BCUT2D eigenvalue weighted by Crippen LogP contribution is -2.23. The van der Waals surface area contributed by atoms with Gasteiger partial charge in [0.15, 0.2) is 0 Å². The summed E-state index contributed by atoms with van der Waals surface area (Å²) in [6.45, 7) is 9.30. The van der Waals surface area contributed by atoms with Crippen molar-refractivity contribution in [1.82, 2.24) is 14.9 Å². The number of nitro benzene ring substituents is 1. The number of oxime groups is 1. The van der Waals surface area contributed by atoms with Gasteiger partial charge in [0.25, 0.3) is 5.69 Å². The maximum atomic E-state index is 11.9. The molecule has 0 bridgehead atoms. The van der Waals surface area contributed by atoms with Crippen molar-refractivity contribution in [2.24, 2.45) is 5.16 Å². The lowest BCUT2D eigenvalue weighted by Gasteiger charge is -2.14. The van der Waals surface area contributed by atoms with E-state index in [1.54, 1.807) is 18.2 Å². The predicted octanol–water partition coefficient (Wildman–Crippen LogP) is 8.25. The number of allylic oxidation sites excluding steroid dienone is 11. The van der Waals surface area contributed by atoms with Gasteiger partial charge in [-0.1, -0.05) is 98.3 Å². The summed E-state index contributed by atoms with van der Waals surface area (Å²) in [4.78, 5) is 32.3. The van der Waals surface area contributed by atoms with Crippen molar-refractivity contribution in [2.75, 3.05) is 6.54 Å². The minimum Gasteiger partial charge on any atom is -0.328 e. The largest absolute Gasteiger partial charge is 0.433 e. The van der Waals surface area contributed by atoms with Crippen LogP contribution in [0.4, 0.5) is 10.5 Å². The number of benzene rings is 1. The molecule has 0 atom stereocenters. The van der Waals surface area contributed by atoms with Crippen molar-refractivity contribution in [3.8, 4) is 0 Å². The number of carbonyl (C=O) groups excluding carboxylic acids is 1. The van der Waals surface area contributed by atoms with Gasteiger partial charge in [-0.3, -0.25) is 15.0 Å². The molecule has 0 saturated carbocycles. The molecule has 1 heterocycles. The van der Waals surface area contributed by atoms with E-state index >= 15 is 0 Å². The van der Waals surface area contributed by atoms with Gasteiger partial charge in [0.05, 0.1) is 28.1 Å². The molecule has 1 aliphatic rings. The minimum absolute atomic E-state index is 0.110. The zero-order valence-electron chi connectivity index (χ0n) is 25.1. The number of rotatable bonds is 15. The summed E-state index contributed by atoms with van der Waals surface area (Å²) in [6, 6.07) is 6.10. The van der Waals surface area contributed by atoms with E-state index in [9.17, 15) is 14.9 Å². The van der Waals surface area contributed by atoms with E-state index in [0.717, 1.165) is 86.1 Å². The SMILES string of the molecule is C=C/C=C\C(=C/CC)c1nc(C)n(CCCCCCNC(=O)O/N=C/c2ccccc2[N+](=O)[O-])c1C1=C/C=C\CC/C=C\1. The number of nitrogens with one attached hydrogen (secondary N) is 1. The monoisotopic (exact) mass is 583 g/mol. The first-order valence-corrected chi connectivity index (χ1v) is 14.8. The van der Waals surface area contributed by atoms with Gasteiger partial charge in [-0.05, 0) is 50.7 Å². The second kappa shape index (κ2) is 17.9. The van der Waals surface area contributed by atoms with Crippen LogP contribution < -0.4 is 5.32 Å². The Kier molecular flexibility index (Phi) is 13.6. The van der Waals surface area contributed by atoms with E-state index in [1.807, 2.05) is 6.08 Å². The first-order chi connectivity index (χ1) is 21.0. The molecule has 0 fully saturated rings. The smallest absolute Gasteiger partial charge is 0.328 e. The fourth-order valence-corrected chi connectivity index (χ4v) is 4.72. The van der Waals surface area contributed by atoms with Crippen LogP contribution >= 0.6 is 0 Å². The maximum Gasteiger partial charge on any atom is 0.433 e. The molecule has 1 aromatic carbocycles. The normalized spacial score (nSPS) is 16.3. The molecule has 1 aromatic heterocycles. The second-order valence-electron chi connectivity index (χ2n) is 9.97. The Labute approximate surface area is 253 Å². The van der Waals surface area contributed by atoms with E-state index < -0.39 is 11.0 Å². The van der Waals surface area contributed by atoms with Gasteiger partial charge in [-0.15, -0.1) is 0 Å². The molecule has 3 rings (SSSR count). The molecule has 0 saturated heterocycles. The standard InChI is InChI=1S/C34H41N5O4/c1-4-6-19-28(18-5-2)32-33(29-20-12-8-7-9-13-21-29)38(27(3)37-32)25-17-11-10-16-24-35-34(40)43-36-26-30-22-14-15-23-31(30)39(41)42/h4,6,8,12-15,18-23,26H,1,5,7,9-11,16-17,24-25H2,2-3H3,(H,35,40)/b12-8-,19-6-,21-13-,28-18+,29-20+,36-26+. The van der Waals surface area contributed by atoms with Gasteiger partial charge in [0, 0.05) is 24.7 Å². The summed E-state index contributed by atoms with van der Waals surface area (Å²) in [5.74, 6) is 0.977. The van der Waals surface area contributed by atoms with Gasteiger partial charge in [-0.2, -0.15) is 0 Å². The van der Waals surface area contributed by atoms with E-state index in [4.69, 9.17) is 9.82 Å². The van der Waals surface area contributed by atoms with Crippen molar-refractivity contribution in [3.63, 3.8) is 0 Å². The molecular weight excluding hydrogens is 542 g/mol. The molecule has 226 valence electrons. The van der Waals surface area contributed by atoms with Crippen LogP contribution in [0.3, 0.4) is 0 Å². The van der Waals surface area contributed by atoms with E-state index in [0.29, 0.717) is 6.54 Å². The number of imidazole rings is 1. The molecule has 0 radical (unpaired) electrons. The highest BCUT2D eigenvalue weighted by atomic mass is 16.7.